The molecule has 0 saturated carbocycles. The lowest BCUT2D eigenvalue weighted by atomic mass is 9.81. The van der Waals surface area contributed by atoms with Gasteiger partial charge in [0.2, 0.25) is 0 Å². The smallest absolute Gasteiger partial charge is 0.0629 e. The summed E-state index contributed by atoms with van der Waals surface area (Å²) in [5.41, 5.74) is 14.0. The molecule has 0 fully saturated rings. The second kappa shape index (κ2) is 11.9. The Morgan fingerprint density at radius 2 is 0.927 bits per heavy atom. The van der Waals surface area contributed by atoms with Gasteiger partial charge in [-0.1, -0.05) is 175 Å². The SMILES string of the molecule is [2H]c1c([2H])c([2H])c(-c2cc(-c3c4c(c(-c5ccccc5)c5ccccc35)-c3cccc5cccc-4c35)cc(-c3ccc4c5c(cccc35)-c3ccccc3S4)c2)c([2H])c1[2H]. The summed E-state index contributed by atoms with van der Waals surface area (Å²) < 4.78 is 44.2. The molecule has 254 valence electrons. The third kappa shape index (κ3) is 4.54. The minimum Gasteiger partial charge on any atom is -0.0888 e. The fourth-order valence-corrected chi connectivity index (χ4v) is 10.4. The molecule has 55 heavy (non-hydrogen) atoms. The van der Waals surface area contributed by atoms with Crippen molar-refractivity contribution in [3.8, 4) is 77.9 Å². The fourth-order valence-electron chi connectivity index (χ4n) is 9.24. The summed E-state index contributed by atoms with van der Waals surface area (Å²) in [7, 11) is 0. The van der Waals surface area contributed by atoms with Gasteiger partial charge in [-0.05, 0) is 135 Å². The molecule has 10 aromatic rings. The molecule has 0 nitrogen and oxygen atoms in total. The predicted octanol–water partition coefficient (Wildman–Crippen LogP) is 15.6. The summed E-state index contributed by atoms with van der Waals surface area (Å²) in [4.78, 5) is 2.42. The van der Waals surface area contributed by atoms with E-state index in [1.807, 2.05) is 12.1 Å². The first-order valence-electron chi connectivity index (χ1n) is 21.1. The summed E-state index contributed by atoms with van der Waals surface area (Å²) in [5.74, 6) is 0. The Kier molecular flexibility index (Phi) is 5.67. The molecule has 2 aliphatic rings. The van der Waals surface area contributed by atoms with E-state index >= 15 is 0 Å². The molecule has 0 amide bonds. The van der Waals surface area contributed by atoms with E-state index in [2.05, 4.69) is 152 Å². The van der Waals surface area contributed by atoms with Crippen molar-refractivity contribution < 1.29 is 6.85 Å². The molecule has 0 atom stereocenters. The molecule has 0 unspecified atom stereocenters. The van der Waals surface area contributed by atoms with Gasteiger partial charge in [-0.25, -0.2) is 0 Å². The van der Waals surface area contributed by atoms with Gasteiger partial charge >= 0.3 is 0 Å². The minimum atomic E-state index is -0.405. The second-order valence-electron chi connectivity index (χ2n) is 14.4. The normalized spacial score (nSPS) is 13.6. The highest BCUT2D eigenvalue weighted by Crippen LogP contribution is 2.58. The quantitative estimate of drug-likeness (QED) is 0.175. The van der Waals surface area contributed by atoms with Crippen molar-refractivity contribution in [3.05, 3.63) is 194 Å². The highest BCUT2D eigenvalue weighted by molar-refractivity contribution is 7.99. The summed E-state index contributed by atoms with van der Waals surface area (Å²) in [6.07, 6.45) is 0. The molecule has 1 heterocycles. The van der Waals surface area contributed by atoms with Crippen molar-refractivity contribution in [2.45, 2.75) is 9.79 Å². The molecule has 0 radical (unpaired) electrons. The van der Waals surface area contributed by atoms with Crippen molar-refractivity contribution in [2.75, 3.05) is 0 Å². The van der Waals surface area contributed by atoms with Crippen LogP contribution in [0, 0.1) is 0 Å². The lowest BCUT2D eigenvalue weighted by molar-refractivity contribution is 1.40. The number of fused-ring (bicyclic) bond motifs is 6. The Balaban J connectivity index is 1.23. The molecule has 0 aromatic heterocycles. The Morgan fingerprint density at radius 1 is 0.327 bits per heavy atom. The molecule has 0 bridgehead atoms. The molecule has 0 saturated heterocycles. The predicted molar refractivity (Wildman–Crippen MR) is 235 cm³/mol. The zero-order chi connectivity index (χ0) is 40.4. The van der Waals surface area contributed by atoms with Crippen molar-refractivity contribution in [2.24, 2.45) is 0 Å². The van der Waals surface area contributed by atoms with Crippen molar-refractivity contribution in [1.29, 1.82) is 0 Å². The van der Waals surface area contributed by atoms with Crippen LogP contribution in [0.5, 0.6) is 0 Å². The first-order valence-corrected chi connectivity index (χ1v) is 19.4. The maximum Gasteiger partial charge on any atom is 0.0629 e. The number of hydrogen-bond donors (Lipinski definition) is 0. The van der Waals surface area contributed by atoms with Crippen LogP contribution >= 0.6 is 11.8 Å². The standard InChI is InChI=1S/C54H32S/c1-3-14-33(15-4-1)36-30-37(39-28-29-48-52-41(39)23-13-24-42(52)40-20-9-10-27-47(40)55-48)32-38(31-36)51-44-22-8-7-21-43(44)50(35-16-5-2-6-17-35)53-45-25-11-18-34-19-12-26-46(49(34)45)54(51)53/h1-32H/i1D,3D,4D,14D,15D. The van der Waals surface area contributed by atoms with E-state index in [9.17, 15) is 2.74 Å². The highest BCUT2D eigenvalue weighted by Gasteiger charge is 2.31. The van der Waals surface area contributed by atoms with E-state index in [4.69, 9.17) is 4.11 Å². The maximum absolute atomic E-state index is 9.18. The Bertz CT molecular complexity index is 3480. The molecule has 12 rings (SSSR count). The fraction of sp³-hybridized carbons (Fsp3) is 0. The number of hydrogen-bond acceptors (Lipinski definition) is 1. The van der Waals surface area contributed by atoms with Crippen LogP contribution in [-0.4, -0.2) is 0 Å². The van der Waals surface area contributed by atoms with Crippen LogP contribution in [-0.2, 0) is 0 Å². The van der Waals surface area contributed by atoms with Crippen LogP contribution in [0.15, 0.2) is 204 Å². The highest BCUT2D eigenvalue weighted by atomic mass is 32.2. The summed E-state index contributed by atoms with van der Waals surface area (Å²) >= 11 is 1.78. The monoisotopic (exact) mass is 717 g/mol. The van der Waals surface area contributed by atoms with Gasteiger partial charge in [-0.3, -0.25) is 0 Å². The van der Waals surface area contributed by atoms with Crippen LogP contribution < -0.4 is 0 Å². The molecule has 0 spiro atoms. The van der Waals surface area contributed by atoms with Crippen LogP contribution in [0.3, 0.4) is 0 Å². The first kappa shape index (κ1) is 26.2. The third-order valence-electron chi connectivity index (χ3n) is 11.4. The van der Waals surface area contributed by atoms with Gasteiger partial charge in [-0.15, -0.1) is 0 Å². The van der Waals surface area contributed by atoms with Gasteiger partial charge in [0.15, 0.2) is 0 Å². The van der Waals surface area contributed by atoms with Crippen molar-refractivity contribution in [1.82, 2.24) is 0 Å². The molecular formula is C54H32S. The minimum absolute atomic E-state index is 0.184. The topological polar surface area (TPSA) is 0 Å². The summed E-state index contributed by atoms with van der Waals surface area (Å²) in [5, 5.41) is 6.87. The Morgan fingerprint density at radius 3 is 1.71 bits per heavy atom. The van der Waals surface area contributed by atoms with E-state index < -0.39 is 6.04 Å². The summed E-state index contributed by atoms with van der Waals surface area (Å²) in [6.45, 7) is 0. The van der Waals surface area contributed by atoms with Gasteiger partial charge in [0, 0.05) is 15.2 Å². The number of rotatable bonds is 4. The lowest BCUT2D eigenvalue weighted by Gasteiger charge is -2.23. The Hall–Kier alpha value is -6.67. The average molecular weight is 718 g/mol. The van der Waals surface area contributed by atoms with Crippen molar-refractivity contribution in [3.63, 3.8) is 0 Å². The van der Waals surface area contributed by atoms with Crippen LogP contribution in [0.2, 0.25) is 0 Å². The zero-order valence-corrected chi connectivity index (χ0v) is 30.3. The van der Waals surface area contributed by atoms with E-state index in [0.29, 0.717) is 5.56 Å². The maximum atomic E-state index is 9.18. The molecule has 0 N–H and O–H groups in total. The molecular weight excluding hydrogens is 681 g/mol. The first-order chi connectivity index (χ1) is 29.4. The van der Waals surface area contributed by atoms with Crippen LogP contribution in [0.1, 0.15) is 6.85 Å². The third-order valence-corrected chi connectivity index (χ3v) is 12.6. The molecule has 1 aliphatic carbocycles. The van der Waals surface area contributed by atoms with Crippen LogP contribution in [0.25, 0.3) is 110 Å². The van der Waals surface area contributed by atoms with Gasteiger partial charge < -0.3 is 0 Å². The van der Waals surface area contributed by atoms with Gasteiger partial charge in [-0.2, -0.15) is 0 Å². The van der Waals surface area contributed by atoms with Gasteiger partial charge in [0.25, 0.3) is 0 Å². The Labute approximate surface area is 331 Å². The zero-order valence-electron chi connectivity index (χ0n) is 34.5. The van der Waals surface area contributed by atoms with Gasteiger partial charge in [0.05, 0.1) is 6.85 Å². The van der Waals surface area contributed by atoms with E-state index in [-0.39, 0.29) is 29.7 Å². The molecule has 1 aliphatic heterocycles. The molecule has 10 aromatic carbocycles. The molecule has 1 heteroatoms. The largest absolute Gasteiger partial charge is 0.0888 e. The second-order valence-corrected chi connectivity index (χ2v) is 15.4. The summed E-state index contributed by atoms with van der Waals surface area (Å²) in [6, 6.07) is 56.6. The average Bonchev–Trinajstić information content (AvgIpc) is 3.62. The van der Waals surface area contributed by atoms with E-state index in [1.54, 1.807) is 11.8 Å². The van der Waals surface area contributed by atoms with Crippen molar-refractivity contribution >= 4 is 44.1 Å². The number of benzene rings is 10. The van der Waals surface area contributed by atoms with Crippen LogP contribution in [0.4, 0.5) is 0 Å². The van der Waals surface area contributed by atoms with Gasteiger partial charge in [0.1, 0.15) is 0 Å². The van der Waals surface area contributed by atoms with E-state index in [1.165, 1.54) is 53.8 Å². The lowest BCUT2D eigenvalue weighted by Crippen LogP contribution is -1.96. The van der Waals surface area contributed by atoms with E-state index in [0.717, 1.165) is 55.1 Å².